The molecule has 0 aliphatic rings. The number of benzene rings is 1. The molecule has 1 aromatic heterocycles. The van der Waals surface area contributed by atoms with E-state index in [4.69, 9.17) is 15.0 Å². The molecule has 5 nitrogen and oxygen atoms in total. The maximum atomic E-state index is 11.2. The van der Waals surface area contributed by atoms with Crippen LogP contribution in [-0.4, -0.2) is 15.6 Å². The molecule has 2 rings (SSSR count). The van der Waals surface area contributed by atoms with Gasteiger partial charge in [-0.3, -0.25) is 4.57 Å². The van der Waals surface area contributed by atoms with Gasteiger partial charge in [0, 0.05) is 4.88 Å². The van der Waals surface area contributed by atoms with Crippen molar-refractivity contribution in [3.8, 4) is 16.5 Å². The second-order valence-electron chi connectivity index (χ2n) is 4.26. The van der Waals surface area contributed by atoms with E-state index in [1.807, 2.05) is 29.6 Å². The van der Waals surface area contributed by atoms with E-state index in [9.17, 15) is 4.57 Å². The van der Waals surface area contributed by atoms with E-state index in [0.717, 1.165) is 10.4 Å². The summed E-state index contributed by atoms with van der Waals surface area (Å²) in [7, 11) is -4.25. The Balaban J connectivity index is 2.38. The normalized spacial score (nSPS) is 12.7. The van der Waals surface area contributed by atoms with Crippen molar-refractivity contribution in [1.29, 1.82) is 5.26 Å². The van der Waals surface area contributed by atoms with Crippen LogP contribution in [0.3, 0.4) is 0 Å². The van der Waals surface area contributed by atoms with Crippen LogP contribution in [-0.2, 0) is 4.57 Å². The molecule has 7 heteroatoms. The lowest BCUT2D eigenvalue weighted by Gasteiger charge is -2.17. The van der Waals surface area contributed by atoms with Crippen molar-refractivity contribution in [3.63, 3.8) is 0 Å². The lowest BCUT2D eigenvalue weighted by Crippen LogP contribution is -2.16. The molecule has 20 heavy (non-hydrogen) atoms. The smallest absolute Gasteiger partial charge is 0.347 e. The van der Waals surface area contributed by atoms with Crippen LogP contribution in [0.25, 0.3) is 10.4 Å². The van der Waals surface area contributed by atoms with Gasteiger partial charge in [0.2, 0.25) is 0 Å². The zero-order valence-corrected chi connectivity index (χ0v) is 12.4. The number of hydrogen-bond donors (Lipinski definition) is 3. The first-order valence-electron chi connectivity index (χ1n) is 5.81. The van der Waals surface area contributed by atoms with E-state index < -0.39 is 13.4 Å². The fraction of sp³-hybridized carbons (Fsp3) is 0.154. The van der Waals surface area contributed by atoms with Crippen molar-refractivity contribution >= 4 is 24.6 Å². The molecule has 0 bridgehead atoms. The monoisotopic (exact) mass is 308 g/mol. The van der Waals surface area contributed by atoms with E-state index in [1.54, 1.807) is 23.5 Å². The number of hydrogen-bond acceptors (Lipinski definition) is 4. The highest BCUT2D eigenvalue weighted by atomic mass is 32.1. The lowest BCUT2D eigenvalue weighted by atomic mass is 10.1. The molecule has 2 aromatic rings. The van der Waals surface area contributed by atoms with Gasteiger partial charge in [-0.1, -0.05) is 12.1 Å². The molecule has 3 N–H and O–H groups in total. The Morgan fingerprint density at radius 2 is 2.15 bits per heavy atom. The van der Waals surface area contributed by atoms with Crippen molar-refractivity contribution in [2.24, 2.45) is 0 Å². The average Bonchev–Trinajstić information content (AvgIpc) is 2.91. The van der Waals surface area contributed by atoms with Gasteiger partial charge >= 0.3 is 7.60 Å². The van der Waals surface area contributed by atoms with Gasteiger partial charge in [-0.05, 0) is 36.1 Å². The van der Waals surface area contributed by atoms with Crippen molar-refractivity contribution in [2.45, 2.75) is 12.7 Å². The van der Waals surface area contributed by atoms with E-state index in [-0.39, 0.29) is 0 Å². The topological polar surface area (TPSA) is 93.4 Å². The summed E-state index contributed by atoms with van der Waals surface area (Å²) in [6.45, 7) is 1.39. The maximum Gasteiger partial charge on any atom is 0.347 e. The second-order valence-corrected chi connectivity index (χ2v) is 7.16. The van der Waals surface area contributed by atoms with Gasteiger partial charge in [0.15, 0.2) is 0 Å². The fourth-order valence-corrected chi connectivity index (χ4v) is 2.70. The highest BCUT2D eigenvalue weighted by Gasteiger charge is 2.24. The third-order valence-corrected chi connectivity index (χ3v) is 4.87. The van der Waals surface area contributed by atoms with Crippen molar-refractivity contribution in [2.75, 3.05) is 5.32 Å². The summed E-state index contributed by atoms with van der Waals surface area (Å²) >= 11 is 1.56. The summed E-state index contributed by atoms with van der Waals surface area (Å²) in [6.07, 6.45) is 0. The zero-order chi connectivity index (χ0) is 14.8. The van der Waals surface area contributed by atoms with E-state index in [2.05, 4.69) is 5.32 Å². The van der Waals surface area contributed by atoms with Crippen LogP contribution in [0.5, 0.6) is 0 Å². The van der Waals surface area contributed by atoms with E-state index in [1.165, 1.54) is 6.92 Å². The third-order valence-electron chi connectivity index (χ3n) is 2.81. The summed E-state index contributed by atoms with van der Waals surface area (Å²) in [4.78, 5) is 19.3. The van der Waals surface area contributed by atoms with Gasteiger partial charge in [0.25, 0.3) is 0 Å². The summed E-state index contributed by atoms with van der Waals surface area (Å²) in [6, 6.07) is 11.1. The zero-order valence-electron chi connectivity index (χ0n) is 10.6. The SMILES string of the molecule is CC(Nc1cc(-c2cccs2)ccc1C#N)P(=O)(O)O. The Morgan fingerprint density at radius 1 is 1.40 bits per heavy atom. The standard InChI is InChI=1S/C13H13N2O3PS/c1-9(19(16,17)18)15-12-7-10(4-5-11(12)8-14)13-3-2-6-20-13/h2-7,9,15H,1H3,(H2,16,17,18). The van der Waals surface area contributed by atoms with Crippen LogP contribution in [0.4, 0.5) is 5.69 Å². The fourth-order valence-electron chi connectivity index (χ4n) is 1.67. The largest absolute Gasteiger partial charge is 0.371 e. The van der Waals surface area contributed by atoms with Gasteiger partial charge in [-0.25, -0.2) is 0 Å². The number of nitrogens with one attached hydrogen (secondary N) is 1. The quantitative estimate of drug-likeness (QED) is 0.754. The van der Waals surface area contributed by atoms with Crippen molar-refractivity contribution < 1.29 is 14.4 Å². The average molecular weight is 308 g/mol. The van der Waals surface area contributed by atoms with Crippen molar-refractivity contribution in [3.05, 3.63) is 41.3 Å². The van der Waals surface area contributed by atoms with E-state index in [0.29, 0.717) is 11.3 Å². The van der Waals surface area contributed by atoms with Crippen LogP contribution >= 0.6 is 18.9 Å². The predicted molar refractivity (Wildman–Crippen MR) is 79.6 cm³/mol. The molecule has 1 aromatic carbocycles. The summed E-state index contributed by atoms with van der Waals surface area (Å²) in [5.41, 5.74) is 1.68. The highest BCUT2D eigenvalue weighted by molar-refractivity contribution is 7.52. The second kappa shape index (κ2) is 5.78. The van der Waals surface area contributed by atoms with Crippen LogP contribution in [0, 0.1) is 11.3 Å². The molecule has 104 valence electrons. The Morgan fingerprint density at radius 3 is 2.70 bits per heavy atom. The molecule has 0 fully saturated rings. The van der Waals surface area contributed by atoms with Gasteiger partial charge in [-0.15, -0.1) is 11.3 Å². The molecule has 0 amide bonds. The molecule has 1 unspecified atom stereocenters. The molecule has 0 saturated heterocycles. The Bertz CT molecular complexity index is 688. The van der Waals surface area contributed by atoms with Crippen LogP contribution in [0.1, 0.15) is 12.5 Å². The molecule has 0 spiro atoms. The first kappa shape index (κ1) is 14.8. The third kappa shape index (κ3) is 3.27. The maximum absolute atomic E-state index is 11.2. The molecule has 0 saturated carbocycles. The molecule has 1 atom stereocenters. The lowest BCUT2D eigenvalue weighted by molar-refractivity contribution is 0.364. The highest BCUT2D eigenvalue weighted by Crippen LogP contribution is 2.41. The Hall–Kier alpha value is -1.64. The molecule has 0 aliphatic heterocycles. The summed E-state index contributed by atoms with van der Waals surface area (Å²) < 4.78 is 11.2. The number of nitriles is 1. The number of anilines is 1. The number of nitrogens with zero attached hydrogens (tertiary/aromatic N) is 1. The Labute approximate surface area is 120 Å². The van der Waals surface area contributed by atoms with Gasteiger partial charge in [-0.2, -0.15) is 5.26 Å². The van der Waals surface area contributed by atoms with Crippen molar-refractivity contribution in [1.82, 2.24) is 0 Å². The minimum atomic E-state index is -4.25. The molecule has 0 radical (unpaired) electrons. The number of rotatable bonds is 4. The first-order valence-corrected chi connectivity index (χ1v) is 8.37. The molecular formula is C13H13N2O3PS. The predicted octanol–water partition coefficient (Wildman–Crippen LogP) is 3.22. The summed E-state index contributed by atoms with van der Waals surface area (Å²) in [5, 5.41) is 13.7. The summed E-state index contributed by atoms with van der Waals surface area (Å²) in [5.74, 6) is -1.05. The van der Waals surface area contributed by atoms with Crippen LogP contribution in [0.15, 0.2) is 35.7 Å². The minimum Gasteiger partial charge on any atom is -0.371 e. The molecule has 0 aliphatic carbocycles. The van der Waals surface area contributed by atoms with Crippen LogP contribution < -0.4 is 5.32 Å². The Kier molecular flexibility index (Phi) is 4.26. The van der Waals surface area contributed by atoms with Gasteiger partial charge in [0.05, 0.1) is 11.3 Å². The van der Waals surface area contributed by atoms with Gasteiger partial charge in [0.1, 0.15) is 11.9 Å². The number of thiophene rings is 1. The van der Waals surface area contributed by atoms with Crippen LogP contribution in [0.2, 0.25) is 0 Å². The minimum absolute atomic E-state index is 0.352. The van der Waals surface area contributed by atoms with E-state index >= 15 is 0 Å². The molecular weight excluding hydrogens is 295 g/mol. The first-order chi connectivity index (χ1) is 9.41. The molecule has 1 heterocycles. The van der Waals surface area contributed by atoms with Gasteiger partial charge < -0.3 is 15.1 Å².